The quantitative estimate of drug-likeness (QED) is 0.613. The maximum Gasteiger partial charge on any atom is 0.257 e. The van der Waals surface area contributed by atoms with Gasteiger partial charge in [0.2, 0.25) is 5.91 Å². The third-order valence-electron chi connectivity index (χ3n) is 3.73. The average Bonchev–Trinajstić information content (AvgIpc) is 3.21. The maximum absolute atomic E-state index is 12.7. The van der Waals surface area contributed by atoms with Gasteiger partial charge in [-0.15, -0.1) is 11.3 Å². The Morgan fingerprint density at radius 1 is 0.926 bits per heavy atom. The van der Waals surface area contributed by atoms with Gasteiger partial charge in [-0.25, -0.2) is 0 Å². The Balaban J connectivity index is 1.75. The minimum Gasteiger partial charge on any atom is -0.495 e. The topological polar surface area (TPSA) is 67.4 Å². The van der Waals surface area contributed by atoms with Gasteiger partial charge in [-0.2, -0.15) is 0 Å². The van der Waals surface area contributed by atoms with Crippen molar-refractivity contribution in [2.24, 2.45) is 0 Å². The number of rotatable bonds is 6. The molecule has 0 atom stereocenters. The van der Waals surface area contributed by atoms with E-state index < -0.39 is 0 Å². The van der Waals surface area contributed by atoms with Crippen molar-refractivity contribution in [3.63, 3.8) is 0 Å². The first kappa shape index (κ1) is 18.4. The zero-order valence-corrected chi connectivity index (χ0v) is 15.5. The van der Waals surface area contributed by atoms with Crippen LogP contribution in [0.15, 0.2) is 72.1 Å². The van der Waals surface area contributed by atoms with Crippen LogP contribution in [0.2, 0.25) is 0 Å². The summed E-state index contributed by atoms with van der Waals surface area (Å²) in [6.07, 6.45) is 3.18. The Bertz CT molecular complexity index is 965. The van der Waals surface area contributed by atoms with Gasteiger partial charge in [0.15, 0.2) is 0 Å². The van der Waals surface area contributed by atoms with Gasteiger partial charge in [0, 0.05) is 11.0 Å². The number of anilines is 2. The van der Waals surface area contributed by atoms with Crippen LogP contribution in [0.4, 0.5) is 11.4 Å². The van der Waals surface area contributed by atoms with Gasteiger partial charge in [-0.05, 0) is 41.8 Å². The molecule has 0 unspecified atom stereocenters. The van der Waals surface area contributed by atoms with Crippen LogP contribution in [0.25, 0.3) is 6.08 Å². The van der Waals surface area contributed by atoms with Crippen molar-refractivity contribution >= 4 is 40.6 Å². The summed E-state index contributed by atoms with van der Waals surface area (Å²) in [5.41, 5.74) is 1.36. The largest absolute Gasteiger partial charge is 0.495 e. The number of para-hydroxylation sites is 3. The van der Waals surface area contributed by atoms with Crippen molar-refractivity contribution in [3.8, 4) is 5.75 Å². The molecule has 0 saturated carbocycles. The van der Waals surface area contributed by atoms with E-state index in [-0.39, 0.29) is 11.8 Å². The van der Waals surface area contributed by atoms with Crippen molar-refractivity contribution in [1.29, 1.82) is 0 Å². The lowest BCUT2D eigenvalue weighted by atomic mass is 10.1. The molecule has 0 saturated heterocycles. The molecular weight excluding hydrogens is 360 g/mol. The summed E-state index contributed by atoms with van der Waals surface area (Å²) in [6.45, 7) is 0. The van der Waals surface area contributed by atoms with E-state index in [1.54, 1.807) is 67.0 Å². The van der Waals surface area contributed by atoms with Crippen molar-refractivity contribution < 1.29 is 14.3 Å². The molecule has 2 amide bonds. The Morgan fingerprint density at radius 2 is 1.67 bits per heavy atom. The molecule has 0 aliphatic rings. The molecule has 0 aliphatic carbocycles. The first-order valence-electron chi connectivity index (χ1n) is 8.23. The number of nitrogens with one attached hydrogen (secondary N) is 2. The molecule has 1 aromatic heterocycles. The van der Waals surface area contributed by atoms with Crippen LogP contribution in [-0.2, 0) is 4.79 Å². The van der Waals surface area contributed by atoms with Gasteiger partial charge in [-0.3, -0.25) is 9.59 Å². The van der Waals surface area contributed by atoms with E-state index in [0.29, 0.717) is 22.7 Å². The Labute approximate surface area is 161 Å². The van der Waals surface area contributed by atoms with Crippen molar-refractivity contribution in [2.75, 3.05) is 17.7 Å². The van der Waals surface area contributed by atoms with E-state index in [2.05, 4.69) is 10.6 Å². The van der Waals surface area contributed by atoms with Crippen LogP contribution in [-0.4, -0.2) is 18.9 Å². The molecule has 27 heavy (non-hydrogen) atoms. The van der Waals surface area contributed by atoms with Gasteiger partial charge < -0.3 is 15.4 Å². The van der Waals surface area contributed by atoms with Crippen molar-refractivity contribution in [2.45, 2.75) is 0 Å². The number of benzene rings is 2. The molecule has 0 aliphatic heterocycles. The van der Waals surface area contributed by atoms with Crippen LogP contribution < -0.4 is 15.4 Å². The molecule has 0 fully saturated rings. The van der Waals surface area contributed by atoms with Crippen LogP contribution in [0.3, 0.4) is 0 Å². The normalized spacial score (nSPS) is 10.6. The lowest BCUT2D eigenvalue weighted by Crippen LogP contribution is -2.17. The number of thiophene rings is 1. The molecule has 1 heterocycles. The molecule has 0 bridgehead atoms. The Hall–Kier alpha value is -3.38. The minimum atomic E-state index is -0.336. The SMILES string of the molecule is COc1ccccc1NC(=O)c1ccccc1NC(=O)/C=C/c1cccs1. The van der Waals surface area contributed by atoms with E-state index in [0.717, 1.165) is 4.88 Å². The number of hydrogen-bond donors (Lipinski definition) is 2. The number of hydrogen-bond acceptors (Lipinski definition) is 4. The summed E-state index contributed by atoms with van der Waals surface area (Å²) in [7, 11) is 1.54. The monoisotopic (exact) mass is 378 g/mol. The predicted molar refractivity (Wildman–Crippen MR) is 109 cm³/mol. The van der Waals surface area contributed by atoms with Gasteiger partial charge >= 0.3 is 0 Å². The van der Waals surface area contributed by atoms with Crippen molar-refractivity contribution in [1.82, 2.24) is 0 Å². The standard InChI is InChI=1S/C21H18N2O3S/c1-26-19-11-5-4-10-18(19)23-21(25)16-8-2-3-9-17(16)22-20(24)13-12-15-7-6-14-27-15/h2-14H,1H3,(H,22,24)(H,23,25)/b13-12+. The molecule has 3 rings (SSSR count). The van der Waals surface area contributed by atoms with E-state index in [4.69, 9.17) is 4.74 Å². The van der Waals surface area contributed by atoms with Crippen LogP contribution >= 0.6 is 11.3 Å². The molecule has 136 valence electrons. The van der Waals surface area contributed by atoms with E-state index in [9.17, 15) is 9.59 Å². The van der Waals surface area contributed by atoms with Crippen LogP contribution in [0, 0.1) is 0 Å². The van der Waals surface area contributed by atoms with E-state index >= 15 is 0 Å². The van der Waals surface area contributed by atoms with Crippen LogP contribution in [0.1, 0.15) is 15.2 Å². The molecule has 6 heteroatoms. The van der Waals surface area contributed by atoms with Crippen molar-refractivity contribution in [3.05, 3.63) is 82.6 Å². The summed E-state index contributed by atoms with van der Waals surface area (Å²) in [5, 5.41) is 7.51. The maximum atomic E-state index is 12.7. The highest BCUT2D eigenvalue weighted by Gasteiger charge is 2.14. The zero-order valence-electron chi connectivity index (χ0n) is 14.6. The molecule has 2 aromatic carbocycles. The zero-order chi connectivity index (χ0) is 19.1. The van der Waals surface area contributed by atoms with E-state index in [1.807, 2.05) is 23.6 Å². The first-order valence-corrected chi connectivity index (χ1v) is 9.11. The third kappa shape index (κ3) is 4.83. The molecule has 5 nitrogen and oxygen atoms in total. The Kier molecular flexibility index (Phi) is 6.02. The number of ether oxygens (including phenoxy) is 1. The molecular formula is C21H18N2O3S. The third-order valence-corrected chi connectivity index (χ3v) is 4.56. The number of carbonyl (C=O) groups excluding carboxylic acids is 2. The average molecular weight is 378 g/mol. The minimum absolute atomic E-state index is 0.305. The summed E-state index contributed by atoms with van der Waals surface area (Å²) in [4.78, 5) is 25.9. The number of amides is 2. The second kappa shape index (κ2) is 8.82. The fraction of sp³-hybridized carbons (Fsp3) is 0.0476. The molecule has 3 aromatic rings. The second-order valence-corrected chi connectivity index (χ2v) is 6.52. The number of methoxy groups -OCH3 is 1. The van der Waals surface area contributed by atoms with E-state index in [1.165, 1.54) is 6.08 Å². The lowest BCUT2D eigenvalue weighted by Gasteiger charge is -2.12. The molecule has 0 spiro atoms. The highest BCUT2D eigenvalue weighted by Crippen LogP contribution is 2.25. The van der Waals surface area contributed by atoms with Gasteiger partial charge in [-0.1, -0.05) is 30.3 Å². The summed E-state index contributed by atoms with van der Waals surface area (Å²) >= 11 is 1.54. The fourth-order valence-corrected chi connectivity index (χ4v) is 3.06. The predicted octanol–water partition coefficient (Wildman–Crippen LogP) is 4.66. The highest BCUT2D eigenvalue weighted by atomic mass is 32.1. The molecule has 2 N–H and O–H groups in total. The van der Waals surface area contributed by atoms with Gasteiger partial charge in [0.25, 0.3) is 5.91 Å². The van der Waals surface area contributed by atoms with Crippen LogP contribution in [0.5, 0.6) is 5.75 Å². The van der Waals surface area contributed by atoms with Gasteiger partial charge in [0.1, 0.15) is 5.75 Å². The summed E-state index contributed by atoms with van der Waals surface area (Å²) < 4.78 is 5.25. The lowest BCUT2D eigenvalue weighted by molar-refractivity contribution is -0.111. The number of carbonyl (C=O) groups is 2. The second-order valence-electron chi connectivity index (χ2n) is 5.54. The van der Waals surface area contributed by atoms with Gasteiger partial charge in [0.05, 0.1) is 24.0 Å². The highest BCUT2D eigenvalue weighted by molar-refractivity contribution is 7.10. The first-order chi connectivity index (χ1) is 13.2. The Morgan fingerprint density at radius 3 is 2.41 bits per heavy atom. The smallest absolute Gasteiger partial charge is 0.257 e. The molecule has 0 radical (unpaired) electrons. The summed E-state index contributed by atoms with van der Waals surface area (Å²) in [5.74, 6) is -0.0789. The fourth-order valence-electron chi connectivity index (χ4n) is 2.45. The summed E-state index contributed by atoms with van der Waals surface area (Å²) in [6, 6.07) is 17.8.